The molecule has 1 aromatic heterocycles. The number of nitrogens with zero attached hydrogens (tertiary/aromatic N) is 1. The molecule has 1 N–H and O–H groups in total. The first-order chi connectivity index (χ1) is 7.59. The van der Waals surface area contributed by atoms with Crippen LogP contribution >= 0.6 is 12.2 Å². The molecule has 1 heterocycles. The highest BCUT2D eigenvalue weighted by Gasteiger charge is 2.05. The van der Waals surface area contributed by atoms with E-state index in [1.807, 2.05) is 6.92 Å². The van der Waals surface area contributed by atoms with Gasteiger partial charge < -0.3 is 4.98 Å². The third-order valence-corrected chi connectivity index (χ3v) is 2.94. The maximum atomic E-state index is 13.2. The van der Waals surface area contributed by atoms with Crippen LogP contribution in [0, 0.1) is 24.3 Å². The highest BCUT2D eigenvalue weighted by atomic mass is 32.1. The van der Waals surface area contributed by atoms with Crippen molar-refractivity contribution >= 4 is 12.2 Å². The summed E-state index contributed by atoms with van der Waals surface area (Å²) in [6.07, 6.45) is 1.56. The van der Waals surface area contributed by atoms with Crippen LogP contribution in [0.5, 0.6) is 0 Å². The molecule has 4 heteroatoms. The van der Waals surface area contributed by atoms with Crippen LogP contribution in [0.2, 0.25) is 0 Å². The minimum absolute atomic E-state index is 0.200. The molecule has 2 aromatic rings. The van der Waals surface area contributed by atoms with Gasteiger partial charge in [-0.1, -0.05) is 12.2 Å². The Morgan fingerprint density at radius 2 is 2.06 bits per heavy atom. The van der Waals surface area contributed by atoms with E-state index in [0.717, 1.165) is 16.8 Å². The summed E-state index contributed by atoms with van der Waals surface area (Å²) in [5.41, 5.74) is 3.34. The summed E-state index contributed by atoms with van der Waals surface area (Å²) in [4.78, 5) is 7.03. The molecule has 0 unspecified atom stereocenters. The van der Waals surface area contributed by atoms with E-state index in [1.165, 1.54) is 6.07 Å². The molecule has 0 aliphatic rings. The lowest BCUT2D eigenvalue weighted by Crippen LogP contribution is -1.92. The second-order valence-electron chi connectivity index (χ2n) is 3.67. The second-order valence-corrected chi connectivity index (χ2v) is 4.06. The van der Waals surface area contributed by atoms with Crippen LogP contribution in [0.1, 0.15) is 11.1 Å². The van der Waals surface area contributed by atoms with Gasteiger partial charge in [0.2, 0.25) is 0 Å². The van der Waals surface area contributed by atoms with Crippen molar-refractivity contribution in [3.8, 4) is 11.3 Å². The Labute approximate surface area is 98.2 Å². The van der Waals surface area contributed by atoms with Crippen LogP contribution in [0.15, 0.2) is 24.5 Å². The monoisotopic (exact) mass is 234 g/mol. The summed E-state index contributed by atoms with van der Waals surface area (Å²) >= 11 is 5.09. The summed E-state index contributed by atoms with van der Waals surface area (Å²) in [5.74, 6) is -0.200. The van der Waals surface area contributed by atoms with Crippen LogP contribution < -0.4 is 0 Å². The first kappa shape index (κ1) is 11.0. The molecule has 0 atom stereocenters. The van der Waals surface area contributed by atoms with Crippen molar-refractivity contribution in [3.63, 3.8) is 0 Å². The van der Waals surface area contributed by atoms with E-state index < -0.39 is 0 Å². The Morgan fingerprint density at radius 3 is 2.75 bits per heavy atom. The minimum Gasteiger partial charge on any atom is -0.346 e. The van der Waals surface area contributed by atoms with Crippen molar-refractivity contribution in [3.05, 3.63) is 46.1 Å². The largest absolute Gasteiger partial charge is 0.346 e. The average molecular weight is 234 g/mol. The molecule has 2 nitrogen and oxygen atoms in total. The molecule has 0 aliphatic carbocycles. The standard InChI is InChI=1S/C12H11FN2S/c1-7-5-9(3-4-10(7)13)11-8(2)12(16)15-6-14-11/h3-6H,1-2H3,(H,14,15,16). The lowest BCUT2D eigenvalue weighted by molar-refractivity contribution is 0.618. The lowest BCUT2D eigenvalue weighted by atomic mass is 10.1. The highest BCUT2D eigenvalue weighted by molar-refractivity contribution is 7.71. The summed E-state index contributed by atoms with van der Waals surface area (Å²) < 4.78 is 13.7. The van der Waals surface area contributed by atoms with Crippen molar-refractivity contribution in [1.29, 1.82) is 0 Å². The number of rotatable bonds is 1. The molecule has 82 valence electrons. The van der Waals surface area contributed by atoms with E-state index in [9.17, 15) is 4.39 Å². The van der Waals surface area contributed by atoms with E-state index in [0.29, 0.717) is 10.2 Å². The Balaban J connectivity index is 2.63. The predicted molar refractivity (Wildman–Crippen MR) is 64.3 cm³/mol. The Morgan fingerprint density at radius 1 is 1.31 bits per heavy atom. The Bertz CT molecular complexity index is 590. The number of aromatic amines is 1. The molecule has 1 aromatic carbocycles. The van der Waals surface area contributed by atoms with Crippen LogP contribution in [0.4, 0.5) is 4.39 Å². The van der Waals surface area contributed by atoms with Crippen molar-refractivity contribution in [2.75, 3.05) is 0 Å². The van der Waals surface area contributed by atoms with Gasteiger partial charge in [-0.05, 0) is 43.2 Å². The molecule has 0 aliphatic heterocycles. The molecule has 0 saturated heterocycles. The summed E-state index contributed by atoms with van der Waals surface area (Å²) in [5, 5.41) is 0. The van der Waals surface area contributed by atoms with Gasteiger partial charge in [-0.15, -0.1) is 0 Å². The van der Waals surface area contributed by atoms with Crippen molar-refractivity contribution in [2.45, 2.75) is 13.8 Å². The average Bonchev–Trinajstić information content (AvgIpc) is 2.26. The molecule has 0 amide bonds. The topological polar surface area (TPSA) is 28.7 Å². The van der Waals surface area contributed by atoms with Gasteiger partial charge in [0, 0.05) is 5.56 Å². The first-order valence-corrected chi connectivity index (χ1v) is 5.31. The number of halogens is 1. The van der Waals surface area contributed by atoms with Gasteiger partial charge in [0.25, 0.3) is 0 Å². The van der Waals surface area contributed by atoms with Crippen molar-refractivity contribution in [2.24, 2.45) is 0 Å². The lowest BCUT2D eigenvalue weighted by Gasteiger charge is -2.06. The summed E-state index contributed by atoms with van der Waals surface area (Å²) in [7, 11) is 0. The van der Waals surface area contributed by atoms with Gasteiger partial charge >= 0.3 is 0 Å². The van der Waals surface area contributed by atoms with E-state index in [1.54, 1.807) is 25.4 Å². The third kappa shape index (κ3) is 1.88. The SMILES string of the molecule is Cc1cc(-c2[nH]cnc(=S)c2C)ccc1F. The second kappa shape index (κ2) is 4.14. The number of aryl methyl sites for hydroxylation is 1. The number of nitrogens with one attached hydrogen (secondary N) is 1. The summed E-state index contributed by atoms with van der Waals surface area (Å²) in [6, 6.07) is 4.99. The van der Waals surface area contributed by atoms with Crippen LogP contribution in [0.25, 0.3) is 11.3 Å². The van der Waals surface area contributed by atoms with Gasteiger partial charge in [-0.2, -0.15) is 0 Å². The Hall–Kier alpha value is -1.55. The predicted octanol–water partition coefficient (Wildman–Crippen LogP) is 3.56. The third-order valence-electron chi connectivity index (χ3n) is 2.53. The van der Waals surface area contributed by atoms with Gasteiger partial charge in [0.05, 0.1) is 12.0 Å². The van der Waals surface area contributed by atoms with Gasteiger partial charge in [0.1, 0.15) is 10.5 Å². The van der Waals surface area contributed by atoms with E-state index >= 15 is 0 Å². The van der Waals surface area contributed by atoms with E-state index in [-0.39, 0.29) is 5.82 Å². The fraction of sp³-hybridized carbons (Fsp3) is 0.167. The smallest absolute Gasteiger partial charge is 0.132 e. The van der Waals surface area contributed by atoms with Crippen molar-refractivity contribution in [1.82, 2.24) is 9.97 Å². The number of hydrogen-bond acceptors (Lipinski definition) is 2. The fourth-order valence-corrected chi connectivity index (χ4v) is 1.72. The molecule has 0 fully saturated rings. The van der Waals surface area contributed by atoms with Crippen molar-refractivity contribution < 1.29 is 4.39 Å². The van der Waals surface area contributed by atoms with E-state index in [2.05, 4.69) is 9.97 Å². The molecule has 0 radical (unpaired) electrons. The van der Waals surface area contributed by atoms with Gasteiger partial charge in [0.15, 0.2) is 0 Å². The van der Waals surface area contributed by atoms with Gasteiger partial charge in [-0.3, -0.25) is 0 Å². The maximum absolute atomic E-state index is 13.2. The molecular formula is C12H11FN2S. The molecule has 2 rings (SSSR count). The highest BCUT2D eigenvalue weighted by Crippen LogP contribution is 2.22. The zero-order valence-corrected chi connectivity index (χ0v) is 9.86. The van der Waals surface area contributed by atoms with E-state index in [4.69, 9.17) is 12.2 Å². The number of H-pyrrole nitrogens is 1. The zero-order chi connectivity index (χ0) is 11.7. The Kier molecular flexibility index (Phi) is 2.83. The molecular weight excluding hydrogens is 223 g/mol. The first-order valence-electron chi connectivity index (χ1n) is 4.90. The fourth-order valence-electron chi connectivity index (χ4n) is 1.57. The number of hydrogen-bond donors (Lipinski definition) is 1. The van der Waals surface area contributed by atoms with Crippen LogP contribution in [-0.2, 0) is 0 Å². The molecule has 16 heavy (non-hydrogen) atoms. The van der Waals surface area contributed by atoms with Gasteiger partial charge in [-0.25, -0.2) is 9.37 Å². The number of aromatic nitrogens is 2. The summed E-state index contributed by atoms with van der Waals surface area (Å²) in [6.45, 7) is 3.64. The van der Waals surface area contributed by atoms with Crippen LogP contribution in [-0.4, -0.2) is 9.97 Å². The normalized spacial score (nSPS) is 10.4. The van der Waals surface area contributed by atoms with Crippen LogP contribution in [0.3, 0.4) is 0 Å². The molecule has 0 spiro atoms. The quantitative estimate of drug-likeness (QED) is 0.764. The zero-order valence-electron chi connectivity index (χ0n) is 9.04. The molecule has 0 saturated carbocycles. The molecule has 0 bridgehead atoms. The minimum atomic E-state index is -0.200. The number of benzene rings is 1. The maximum Gasteiger partial charge on any atom is 0.132 e.